The summed E-state index contributed by atoms with van der Waals surface area (Å²) in [6, 6.07) is 13.0. The summed E-state index contributed by atoms with van der Waals surface area (Å²) in [5, 5.41) is 5.63. The Bertz CT molecular complexity index is 767. The van der Waals surface area contributed by atoms with Crippen LogP contribution in [0.25, 0.3) is 0 Å². The molecule has 0 aliphatic rings. The molecule has 0 unspecified atom stereocenters. The van der Waals surface area contributed by atoms with Crippen LogP contribution < -0.4 is 10.6 Å². The van der Waals surface area contributed by atoms with Crippen LogP contribution in [0, 0.1) is 19.3 Å². The zero-order chi connectivity index (χ0) is 17.9. The van der Waals surface area contributed by atoms with Crippen LogP contribution >= 0.6 is 15.9 Å². The molecule has 0 saturated heterocycles. The van der Waals surface area contributed by atoms with E-state index in [1.165, 1.54) is 0 Å². The molecule has 2 N–H and O–H groups in total. The van der Waals surface area contributed by atoms with Crippen LogP contribution in [0.2, 0.25) is 0 Å². The zero-order valence-electron chi connectivity index (χ0n) is 14.2. The van der Waals surface area contributed by atoms with Crippen molar-refractivity contribution in [2.45, 2.75) is 27.7 Å². The topological polar surface area (TPSA) is 58.2 Å². The number of amides is 2. The molecule has 0 aromatic heterocycles. The first-order chi connectivity index (χ1) is 11.2. The third-order valence-electron chi connectivity index (χ3n) is 3.87. The van der Waals surface area contributed by atoms with E-state index in [-0.39, 0.29) is 11.8 Å². The average molecular weight is 389 g/mol. The van der Waals surface area contributed by atoms with E-state index in [9.17, 15) is 9.59 Å². The minimum Gasteiger partial charge on any atom is -0.325 e. The maximum Gasteiger partial charge on any atom is 0.239 e. The predicted molar refractivity (Wildman–Crippen MR) is 101 cm³/mol. The van der Waals surface area contributed by atoms with Crippen molar-refractivity contribution < 1.29 is 9.59 Å². The summed E-state index contributed by atoms with van der Waals surface area (Å²) in [6.45, 7) is 7.14. The van der Waals surface area contributed by atoms with Crippen molar-refractivity contribution in [3.8, 4) is 0 Å². The first kappa shape index (κ1) is 18.2. The Morgan fingerprint density at radius 1 is 0.917 bits per heavy atom. The minimum atomic E-state index is -1.20. The molecular weight excluding hydrogens is 368 g/mol. The summed E-state index contributed by atoms with van der Waals surface area (Å²) in [7, 11) is 0. The van der Waals surface area contributed by atoms with Gasteiger partial charge in [0.1, 0.15) is 5.41 Å². The van der Waals surface area contributed by atoms with Gasteiger partial charge < -0.3 is 10.6 Å². The fourth-order valence-electron chi connectivity index (χ4n) is 2.16. The molecule has 4 nitrogen and oxygen atoms in total. The summed E-state index contributed by atoms with van der Waals surface area (Å²) in [5.41, 5.74) is 2.25. The van der Waals surface area contributed by atoms with Crippen LogP contribution in [-0.2, 0) is 9.59 Å². The average Bonchev–Trinajstić information content (AvgIpc) is 2.52. The fourth-order valence-corrected chi connectivity index (χ4v) is 2.42. The van der Waals surface area contributed by atoms with Crippen LogP contribution in [0.4, 0.5) is 11.4 Å². The van der Waals surface area contributed by atoms with Crippen molar-refractivity contribution in [1.82, 2.24) is 0 Å². The molecule has 2 rings (SSSR count). The molecule has 0 saturated carbocycles. The molecule has 0 aliphatic heterocycles. The van der Waals surface area contributed by atoms with Gasteiger partial charge in [-0.3, -0.25) is 9.59 Å². The molecule has 2 aromatic rings. The molecule has 126 valence electrons. The number of anilines is 2. The van der Waals surface area contributed by atoms with E-state index in [4.69, 9.17) is 0 Å². The lowest BCUT2D eigenvalue weighted by molar-refractivity contribution is -0.135. The molecule has 0 spiro atoms. The van der Waals surface area contributed by atoms with Crippen molar-refractivity contribution in [3.63, 3.8) is 0 Å². The van der Waals surface area contributed by atoms with Crippen molar-refractivity contribution in [1.29, 1.82) is 0 Å². The van der Waals surface area contributed by atoms with Crippen LogP contribution in [0.1, 0.15) is 25.0 Å². The van der Waals surface area contributed by atoms with E-state index in [0.717, 1.165) is 21.3 Å². The largest absolute Gasteiger partial charge is 0.325 e. The number of benzene rings is 2. The highest BCUT2D eigenvalue weighted by Gasteiger charge is 2.36. The van der Waals surface area contributed by atoms with Crippen LogP contribution in [0.3, 0.4) is 0 Å². The van der Waals surface area contributed by atoms with Gasteiger partial charge in [-0.15, -0.1) is 0 Å². The zero-order valence-corrected chi connectivity index (χ0v) is 15.8. The lowest BCUT2D eigenvalue weighted by atomic mass is 9.90. The van der Waals surface area contributed by atoms with Gasteiger partial charge in [0.05, 0.1) is 0 Å². The van der Waals surface area contributed by atoms with E-state index < -0.39 is 5.41 Å². The van der Waals surface area contributed by atoms with Crippen molar-refractivity contribution in [3.05, 3.63) is 58.1 Å². The number of hydrogen-bond acceptors (Lipinski definition) is 2. The van der Waals surface area contributed by atoms with E-state index >= 15 is 0 Å². The Balaban J connectivity index is 2.11. The summed E-state index contributed by atoms with van der Waals surface area (Å²) in [4.78, 5) is 25.1. The number of nitrogens with one attached hydrogen (secondary N) is 2. The third-order valence-corrected chi connectivity index (χ3v) is 4.40. The lowest BCUT2D eigenvalue weighted by Crippen LogP contribution is -2.41. The molecule has 24 heavy (non-hydrogen) atoms. The van der Waals surface area contributed by atoms with Gasteiger partial charge in [0, 0.05) is 15.8 Å². The monoisotopic (exact) mass is 388 g/mol. The standard InChI is InChI=1S/C19H21BrN2O2/c1-12-5-10-16(13(2)11-12)22-18(24)19(3,4)17(23)21-15-8-6-14(20)7-9-15/h5-11H,1-4H3,(H,21,23)(H,22,24). The maximum atomic E-state index is 12.6. The highest BCUT2D eigenvalue weighted by atomic mass is 79.9. The van der Waals surface area contributed by atoms with Gasteiger partial charge in [0.15, 0.2) is 0 Å². The van der Waals surface area contributed by atoms with Crippen LogP contribution in [0.15, 0.2) is 46.9 Å². The molecule has 0 heterocycles. The number of halogens is 1. The lowest BCUT2D eigenvalue weighted by Gasteiger charge is -2.23. The smallest absolute Gasteiger partial charge is 0.239 e. The molecule has 0 fully saturated rings. The molecule has 2 amide bonds. The normalized spacial score (nSPS) is 11.0. The second-order valence-electron chi connectivity index (χ2n) is 6.36. The Labute approximate surface area is 150 Å². The van der Waals surface area contributed by atoms with E-state index in [1.807, 2.05) is 44.2 Å². The van der Waals surface area contributed by atoms with Gasteiger partial charge >= 0.3 is 0 Å². The summed E-state index contributed by atoms with van der Waals surface area (Å²) >= 11 is 3.35. The second kappa shape index (κ2) is 7.18. The number of rotatable bonds is 4. The number of aryl methyl sites for hydroxylation is 2. The second-order valence-corrected chi connectivity index (χ2v) is 7.27. The van der Waals surface area contributed by atoms with Crippen molar-refractivity contribution in [2.24, 2.45) is 5.41 Å². The Morgan fingerprint density at radius 2 is 1.50 bits per heavy atom. The van der Waals surface area contributed by atoms with Crippen molar-refractivity contribution >= 4 is 39.1 Å². The number of carbonyl (C=O) groups is 2. The summed E-state index contributed by atoms with van der Waals surface area (Å²) < 4.78 is 0.923. The molecule has 0 atom stereocenters. The van der Waals surface area contributed by atoms with Gasteiger partial charge in [-0.25, -0.2) is 0 Å². The Hall–Kier alpha value is -2.14. The van der Waals surface area contributed by atoms with Gasteiger partial charge in [-0.05, 0) is 63.6 Å². The van der Waals surface area contributed by atoms with E-state index in [0.29, 0.717) is 5.69 Å². The van der Waals surface area contributed by atoms with Gasteiger partial charge in [-0.1, -0.05) is 33.6 Å². The van der Waals surface area contributed by atoms with Crippen LogP contribution in [-0.4, -0.2) is 11.8 Å². The van der Waals surface area contributed by atoms with E-state index in [1.54, 1.807) is 26.0 Å². The van der Waals surface area contributed by atoms with Gasteiger partial charge in [0.25, 0.3) is 0 Å². The van der Waals surface area contributed by atoms with Gasteiger partial charge in [-0.2, -0.15) is 0 Å². The van der Waals surface area contributed by atoms with E-state index in [2.05, 4.69) is 26.6 Å². The molecule has 2 aromatic carbocycles. The first-order valence-electron chi connectivity index (χ1n) is 7.66. The Morgan fingerprint density at radius 3 is 2.08 bits per heavy atom. The number of hydrogen-bond donors (Lipinski definition) is 2. The summed E-state index contributed by atoms with van der Waals surface area (Å²) in [5.74, 6) is -0.698. The first-order valence-corrected chi connectivity index (χ1v) is 8.45. The predicted octanol–water partition coefficient (Wildman–Crippen LogP) is 4.67. The molecule has 0 bridgehead atoms. The SMILES string of the molecule is Cc1ccc(NC(=O)C(C)(C)C(=O)Nc2ccc(Br)cc2)c(C)c1. The third kappa shape index (κ3) is 4.23. The highest BCUT2D eigenvalue weighted by Crippen LogP contribution is 2.24. The molecule has 5 heteroatoms. The van der Waals surface area contributed by atoms with Crippen molar-refractivity contribution in [2.75, 3.05) is 10.6 Å². The molecular formula is C19H21BrN2O2. The minimum absolute atomic E-state index is 0.343. The molecule has 0 radical (unpaired) electrons. The van der Waals surface area contributed by atoms with Crippen LogP contribution in [0.5, 0.6) is 0 Å². The highest BCUT2D eigenvalue weighted by molar-refractivity contribution is 9.10. The molecule has 0 aliphatic carbocycles. The number of carbonyl (C=O) groups excluding carboxylic acids is 2. The fraction of sp³-hybridized carbons (Fsp3) is 0.263. The Kier molecular flexibility index (Phi) is 5.44. The van der Waals surface area contributed by atoms with Gasteiger partial charge in [0.2, 0.25) is 11.8 Å². The summed E-state index contributed by atoms with van der Waals surface area (Å²) in [6.07, 6.45) is 0. The maximum absolute atomic E-state index is 12.6. The quantitative estimate of drug-likeness (QED) is 0.747.